The Labute approximate surface area is 257 Å². The second-order valence-corrected chi connectivity index (χ2v) is 15.1. The molecule has 2 aromatic carbocycles. The van der Waals surface area contributed by atoms with E-state index in [0.29, 0.717) is 49.8 Å². The van der Waals surface area contributed by atoms with E-state index in [4.69, 9.17) is 10.5 Å². The molecule has 2 heterocycles. The molecule has 236 valence electrons. The van der Waals surface area contributed by atoms with Crippen molar-refractivity contribution >= 4 is 33.2 Å². The summed E-state index contributed by atoms with van der Waals surface area (Å²) in [6.45, 7) is 5.37. The first-order valence-corrected chi connectivity index (χ1v) is 17.0. The predicted molar refractivity (Wildman–Crippen MR) is 161 cm³/mol. The molecule has 12 heteroatoms. The number of nitrogens with zero attached hydrogens (tertiary/aromatic N) is 2. The van der Waals surface area contributed by atoms with Gasteiger partial charge in [0.15, 0.2) is 9.84 Å². The number of hydrogen-bond donors (Lipinski definition) is 2. The van der Waals surface area contributed by atoms with Crippen LogP contribution < -0.4 is 20.7 Å². The summed E-state index contributed by atoms with van der Waals surface area (Å²) in [5.74, 6) is -2.14. The van der Waals surface area contributed by atoms with E-state index in [1.54, 1.807) is 24.3 Å². The van der Waals surface area contributed by atoms with E-state index >= 15 is 4.39 Å². The molecule has 3 N–H and O–H groups in total. The highest BCUT2D eigenvalue weighted by Crippen LogP contribution is 2.53. The minimum absolute atomic E-state index is 0.0280. The van der Waals surface area contributed by atoms with Gasteiger partial charge in [0, 0.05) is 24.0 Å². The molecule has 1 atom stereocenters. The quantitative estimate of drug-likeness (QED) is 0.481. The molecule has 10 nitrogen and oxygen atoms in total. The number of nitrogens with two attached hydrogens (primary N) is 1. The Morgan fingerprint density at radius 3 is 2.27 bits per heavy atom. The summed E-state index contributed by atoms with van der Waals surface area (Å²) >= 11 is 0. The molecule has 2 aromatic rings. The van der Waals surface area contributed by atoms with E-state index in [2.05, 4.69) is 5.32 Å². The van der Waals surface area contributed by atoms with Gasteiger partial charge in [-0.1, -0.05) is 12.1 Å². The van der Waals surface area contributed by atoms with Crippen LogP contribution in [-0.4, -0.2) is 67.6 Å². The second kappa shape index (κ2) is 11.1. The molecule has 3 aliphatic carbocycles. The molecule has 2 aliphatic heterocycles. The van der Waals surface area contributed by atoms with Crippen molar-refractivity contribution in [3.63, 3.8) is 0 Å². The van der Waals surface area contributed by atoms with E-state index < -0.39 is 44.8 Å². The average molecular weight is 627 g/mol. The first kappa shape index (κ1) is 30.5. The fraction of sp³-hybridized carbons (Fsp3) is 0.531. The molecule has 0 aromatic heterocycles. The van der Waals surface area contributed by atoms with Crippen molar-refractivity contribution in [2.75, 3.05) is 23.7 Å². The summed E-state index contributed by atoms with van der Waals surface area (Å²) in [6.07, 6.45) is 4.81. The molecular weight excluding hydrogens is 587 g/mol. The lowest BCUT2D eigenvalue weighted by molar-refractivity contribution is -0.153. The molecule has 3 saturated carbocycles. The molecule has 2 bridgehead atoms. The number of rotatable bonds is 7. The van der Waals surface area contributed by atoms with Gasteiger partial charge in [0.2, 0.25) is 11.8 Å². The van der Waals surface area contributed by atoms with Crippen LogP contribution >= 0.6 is 0 Å². The lowest BCUT2D eigenvalue weighted by atomic mass is 9.56. The van der Waals surface area contributed by atoms with Crippen LogP contribution in [0.4, 0.5) is 10.1 Å². The van der Waals surface area contributed by atoms with Gasteiger partial charge in [0.25, 0.3) is 5.91 Å². The molecular formula is C32H39FN4O6S. The van der Waals surface area contributed by atoms with Crippen LogP contribution in [0.25, 0.3) is 0 Å². The van der Waals surface area contributed by atoms with Crippen LogP contribution in [0.1, 0.15) is 74.7 Å². The van der Waals surface area contributed by atoms with Gasteiger partial charge < -0.3 is 25.6 Å². The fourth-order valence-electron chi connectivity index (χ4n) is 7.04. The van der Waals surface area contributed by atoms with Crippen LogP contribution in [0, 0.1) is 11.2 Å². The van der Waals surface area contributed by atoms with Crippen molar-refractivity contribution in [3.8, 4) is 5.75 Å². The van der Waals surface area contributed by atoms with Crippen molar-refractivity contribution < 1.29 is 31.9 Å². The summed E-state index contributed by atoms with van der Waals surface area (Å²) in [5, 5.41) is 3.04. The Balaban J connectivity index is 1.28. The number of amides is 3. The topological polar surface area (TPSA) is 139 Å². The molecule has 7 rings (SSSR count). The molecule has 3 amide bonds. The van der Waals surface area contributed by atoms with Crippen molar-refractivity contribution in [1.29, 1.82) is 0 Å². The first-order chi connectivity index (χ1) is 20.8. The Bertz CT molecular complexity index is 1580. The number of halogens is 1. The van der Waals surface area contributed by atoms with E-state index in [9.17, 15) is 22.8 Å². The van der Waals surface area contributed by atoms with Gasteiger partial charge in [-0.05, 0) is 88.6 Å². The number of benzene rings is 2. The Morgan fingerprint density at radius 2 is 1.70 bits per heavy atom. The van der Waals surface area contributed by atoms with Crippen molar-refractivity contribution in [3.05, 3.63) is 53.3 Å². The lowest BCUT2D eigenvalue weighted by Crippen LogP contribution is -2.61. The number of sulfone groups is 1. The highest BCUT2D eigenvalue weighted by atomic mass is 32.2. The zero-order valence-corrected chi connectivity index (χ0v) is 25.9. The number of fused-ring (bicyclic) bond motifs is 4. The monoisotopic (exact) mass is 626 g/mol. The first-order valence-electron chi connectivity index (χ1n) is 15.3. The number of anilines is 1. The van der Waals surface area contributed by atoms with Crippen molar-refractivity contribution in [1.82, 2.24) is 10.2 Å². The van der Waals surface area contributed by atoms with Crippen LogP contribution in [0.15, 0.2) is 41.3 Å². The highest BCUT2D eigenvalue weighted by Gasteiger charge is 2.54. The minimum Gasteiger partial charge on any atom is -0.491 e. The molecule has 0 spiro atoms. The zero-order chi connectivity index (χ0) is 31.4. The van der Waals surface area contributed by atoms with Crippen molar-refractivity contribution in [2.24, 2.45) is 11.1 Å². The number of likely N-dealkylation sites (tertiary alicyclic amines) is 1. The standard InChI is InChI=1S/C32H39FN4O6S/c1-20(2)43-22-6-4-21(5-7-22)18-37-26-16-23(24(33)17-27(26)44(41,42)19-25(34)29(37)39)28(38)35-32-11-8-31(9-12-32,10-13-32)30(40)36-14-3-15-36/h4-7,16-17,20,25H,3,8-15,18-19,34H2,1-2H3,(H,35,38)/t25-,31?,32?/m0/s1. The van der Waals surface area contributed by atoms with Gasteiger partial charge in [0.05, 0.1) is 40.6 Å². The predicted octanol–water partition coefficient (Wildman–Crippen LogP) is 3.32. The summed E-state index contributed by atoms with van der Waals surface area (Å²) in [5.41, 5.74) is 5.32. The molecule has 44 heavy (non-hydrogen) atoms. The summed E-state index contributed by atoms with van der Waals surface area (Å²) in [6, 6.07) is 7.63. The van der Waals surface area contributed by atoms with Crippen molar-refractivity contribution in [2.45, 2.75) is 87.9 Å². The third-order valence-corrected chi connectivity index (χ3v) is 11.6. The number of carbonyl (C=O) groups is 3. The summed E-state index contributed by atoms with van der Waals surface area (Å²) < 4.78 is 47.7. The number of hydrogen-bond acceptors (Lipinski definition) is 7. The lowest BCUT2D eigenvalue weighted by Gasteiger charge is -2.54. The van der Waals surface area contributed by atoms with Crippen LogP contribution in [0.2, 0.25) is 0 Å². The van der Waals surface area contributed by atoms with Gasteiger partial charge in [0.1, 0.15) is 11.6 Å². The van der Waals surface area contributed by atoms with E-state index in [1.807, 2.05) is 18.7 Å². The van der Waals surface area contributed by atoms with Gasteiger partial charge >= 0.3 is 0 Å². The van der Waals surface area contributed by atoms with Crippen LogP contribution in [0.5, 0.6) is 5.75 Å². The maximum absolute atomic E-state index is 15.6. The molecule has 5 aliphatic rings. The smallest absolute Gasteiger partial charge is 0.254 e. The SMILES string of the molecule is CC(C)Oc1ccc(CN2C(=O)[C@@H](N)CS(=O)(=O)c3cc(F)c(C(=O)NC45CCC(C(=O)N6CCC6)(CC4)CC5)cc32)cc1. The third kappa shape index (κ3) is 5.47. The Hall–Kier alpha value is -3.51. The van der Waals surface area contributed by atoms with E-state index in [-0.39, 0.29) is 40.1 Å². The number of nitrogens with one attached hydrogen (secondary N) is 1. The van der Waals surface area contributed by atoms with Gasteiger partial charge in [-0.3, -0.25) is 14.4 Å². The van der Waals surface area contributed by atoms with E-state index in [0.717, 1.165) is 31.6 Å². The third-order valence-electron chi connectivity index (χ3n) is 9.76. The molecule has 0 unspecified atom stereocenters. The van der Waals surface area contributed by atoms with Gasteiger partial charge in [-0.15, -0.1) is 0 Å². The Morgan fingerprint density at radius 1 is 1.07 bits per heavy atom. The van der Waals surface area contributed by atoms with Gasteiger partial charge in [-0.25, -0.2) is 12.8 Å². The van der Waals surface area contributed by atoms with Crippen LogP contribution in [0.3, 0.4) is 0 Å². The normalized spacial score (nSPS) is 27.4. The molecule has 4 fully saturated rings. The van der Waals surface area contributed by atoms with E-state index in [1.165, 1.54) is 4.90 Å². The average Bonchev–Trinajstić information content (AvgIpc) is 3.01. The maximum atomic E-state index is 15.6. The molecule has 1 saturated heterocycles. The number of carbonyl (C=O) groups excluding carboxylic acids is 3. The fourth-order valence-corrected chi connectivity index (χ4v) is 8.61. The maximum Gasteiger partial charge on any atom is 0.254 e. The largest absolute Gasteiger partial charge is 0.491 e. The summed E-state index contributed by atoms with van der Waals surface area (Å²) in [7, 11) is -4.14. The Kier molecular flexibility index (Phi) is 7.72. The van der Waals surface area contributed by atoms with Gasteiger partial charge in [-0.2, -0.15) is 0 Å². The number of ether oxygens (including phenoxy) is 1. The highest BCUT2D eigenvalue weighted by molar-refractivity contribution is 7.91. The zero-order valence-electron chi connectivity index (χ0n) is 25.1. The summed E-state index contributed by atoms with van der Waals surface area (Å²) in [4.78, 5) is 43.0. The molecule has 0 radical (unpaired) electrons. The van der Waals surface area contributed by atoms with Crippen LogP contribution in [-0.2, 0) is 26.0 Å². The second-order valence-electron chi connectivity index (χ2n) is 13.1. The minimum atomic E-state index is -4.14.